The van der Waals surface area contributed by atoms with Gasteiger partial charge in [0.05, 0.1) is 11.2 Å². The van der Waals surface area contributed by atoms with Crippen molar-refractivity contribution in [2.45, 2.75) is 45.6 Å². The summed E-state index contributed by atoms with van der Waals surface area (Å²) < 4.78 is 1.95. The number of nitrogens with zero attached hydrogens (tertiary/aromatic N) is 4. The third-order valence-corrected chi connectivity index (χ3v) is 5.95. The summed E-state index contributed by atoms with van der Waals surface area (Å²) in [4.78, 5) is 34.2. The van der Waals surface area contributed by atoms with E-state index in [0.29, 0.717) is 12.2 Å². The zero-order valence-corrected chi connectivity index (χ0v) is 15.7. The molecule has 2 aromatic heterocycles. The first-order valence-electron chi connectivity index (χ1n) is 9.47. The lowest BCUT2D eigenvalue weighted by Gasteiger charge is -2.57. The Labute approximate surface area is 153 Å². The van der Waals surface area contributed by atoms with Gasteiger partial charge in [-0.15, -0.1) is 0 Å². The quantitative estimate of drug-likeness (QED) is 0.833. The summed E-state index contributed by atoms with van der Waals surface area (Å²) in [7, 11) is 0. The van der Waals surface area contributed by atoms with Gasteiger partial charge < -0.3 is 14.2 Å². The first-order valence-corrected chi connectivity index (χ1v) is 9.47. The van der Waals surface area contributed by atoms with Gasteiger partial charge in [-0.3, -0.25) is 9.59 Å². The molecule has 0 aromatic carbocycles. The number of piperidine rings is 1. The Morgan fingerprint density at radius 1 is 1.19 bits per heavy atom. The van der Waals surface area contributed by atoms with Crippen LogP contribution in [0.2, 0.25) is 0 Å². The Morgan fingerprint density at radius 3 is 2.65 bits per heavy atom. The summed E-state index contributed by atoms with van der Waals surface area (Å²) in [5, 5.41) is 0. The fourth-order valence-corrected chi connectivity index (χ4v) is 4.38. The molecule has 4 heterocycles. The van der Waals surface area contributed by atoms with Crippen LogP contribution in [0, 0.1) is 12.8 Å². The Balaban J connectivity index is 1.59. The topological polar surface area (TPSA) is 57.9 Å². The van der Waals surface area contributed by atoms with E-state index < -0.39 is 0 Å². The maximum Gasteiger partial charge on any atom is 0.274 e. The Bertz CT molecular complexity index is 872. The summed E-state index contributed by atoms with van der Waals surface area (Å²) >= 11 is 0. The van der Waals surface area contributed by atoms with Gasteiger partial charge in [-0.25, -0.2) is 4.98 Å². The van der Waals surface area contributed by atoms with Crippen LogP contribution in [0.5, 0.6) is 0 Å². The van der Waals surface area contributed by atoms with E-state index in [-0.39, 0.29) is 23.3 Å². The van der Waals surface area contributed by atoms with Crippen LogP contribution in [0.15, 0.2) is 24.4 Å². The second kappa shape index (κ2) is 6.11. The molecule has 138 valence electrons. The van der Waals surface area contributed by atoms with E-state index in [1.807, 2.05) is 59.4 Å². The van der Waals surface area contributed by atoms with Crippen LogP contribution in [0.3, 0.4) is 0 Å². The predicted octanol–water partition coefficient (Wildman–Crippen LogP) is 2.51. The van der Waals surface area contributed by atoms with Crippen LogP contribution in [0.25, 0.3) is 5.65 Å². The molecule has 6 heteroatoms. The van der Waals surface area contributed by atoms with Crippen molar-refractivity contribution in [1.82, 2.24) is 19.2 Å². The largest absolute Gasteiger partial charge is 0.335 e. The number of imidazole rings is 1. The molecule has 2 saturated heterocycles. The number of pyridine rings is 1. The summed E-state index contributed by atoms with van der Waals surface area (Å²) in [5.74, 6) is 0.183. The predicted molar refractivity (Wildman–Crippen MR) is 99.0 cm³/mol. The molecule has 2 amide bonds. The molecule has 26 heavy (non-hydrogen) atoms. The average Bonchev–Trinajstić information content (AvgIpc) is 2.97. The van der Waals surface area contributed by atoms with E-state index in [1.165, 1.54) is 0 Å². The lowest BCUT2D eigenvalue weighted by atomic mass is 9.77. The molecule has 1 unspecified atom stereocenters. The van der Waals surface area contributed by atoms with E-state index in [9.17, 15) is 9.59 Å². The highest BCUT2D eigenvalue weighted by Crippen LogP contribution is 2.40. The van der Waals surface area contributed by atoms with Crippen LogP contribution in [-0.2, 0) is 4.79 Å². The molecule has 2 aliphatic rings. The summed E-state index contributed by atoms with van der Waals surface area (Å²) in [6.45, 7) is 7.99. The molecule has 2 fully saturated rings. The highest BCUT2D eigenvalue weighted by Gasteiger charge is 2.50. The number of likely N-dealkylation sites (tertiary alicyclic amines) is 2. The monoisotopic (exact) mass is 354 g/mol. The number of carbonyl (C=O) groups excluding carboxylic acids is 2. The molecule has 0 saturated carbocycles. The van der Waals surface area contributed by atoms with E-state index in [4.69, 9.17) is 0 Å². The van der Waals surface area contributed by atoms with Crippen molar-refractivity contribution in [2.75, 3.05) is 19.6 Å². The van der Waals surface area contributed by atoms with Crippen molar-refractivity contribution in [2.24, 2.45) is 5.92 Å². The SMILES string of the molecule is Cc1c(C(=O)N2CCCC3(CCN3C(=O)C(C)C)C2)nc2ccccn12. The van der Waals surface area contributed by atoms with Gasteiger partial charge in [0.1, 0.15) is 11.3 Å². The number of amides is 2. The molecule has 0 N–H and O–H groups in total. The number of rotatable bonds is 2. The zero-order chi connectivity index (χ0) is 18.5. The van der Waals surface area contributed by atoms with Crippen LogP contribution < -0.4 is 0 Å². The second-order valence-electron chi connectivity index (χ2n) is 7.92. The third kappa shape index (κ3) is 2.50. The van der Waals surface area contributed by atoms with Crippen LogP contribution >= 0.6 is 0 Å². The minimum absolute atomic E-state index is 0.000984. The minimum atomic E-state index is -0.164. The highest BCUT2D eigenvalue weighted by atomic mass is 16.2. The minimum Gasteiger partial charge on any atom is -0.335 e. The van der Waals surface area contributed by atoms with E-state index in [1.54, 1.807) is 0 Å². The van der Waals surface area contributed by atoms with Gasteiger partial charge in [-0.2, -0.15) is 0 Å². The Kier molecular flexibility index (Phi) is 4.01. The van der Waals surface area contributed by atoms with Crippen LogP contribution in [0.1, 0.15) is 49.3 Å². The smallest absolute Gasteiger partial charge is 0.274 e. The maximum atomic E-state index is 13.2. The van der Waals surface area contributed by atoms with Gasteiger partial charge in [-0.05, 0) is 38.3 Å². The van der Waals surface area contributed by atoms with Gasteiger partial charge in [0.2, 0.25) is 5.91 Å². The van der Waals surface area contributed by atoms with Gasteiger partial charge >= 0.3 is 0 Å². The van der Waals surface area contributed by atoms with Crippen molar-refractivity contribution in [3.63, 3.8) is 0 Å². The van der Waals surface area contributed by atoms with Crippen molar-refractivity contribution in [3.8, 4) is 0 Å². The van der Waals surface area contributed by atoms with Crippen LogP contribution in [-0.4, -0.2) is 56.2 Å². The molecule has 0 radical (unpaired) electrons. The molecule has 4 rings (SSSR count). The fourth-order valence-electron chi connectivity index (χ4n) is 4.38. The zero-order valence-electron chi connectivity index (χ0n) is 15.7. The second-order valence-corrected chi connectivity index (χ2v) is 7.92. The average molecular weight is 354 g/mol. The highest BCUT2D eigenvalue weighted by molar-refractivity contribution is 5.94. The fraction of sp³-hybridized carbons (Fsp3) is 0.550. The summed E-state index contributed by atoms with van der Waals surface area (Å²) in [6.07, 6.45) is 4.83. The molecule has 1 spiro atoms. The van der Waals surface area contributed by atoms with E-state index >= 15 is 0 Å². The van der Waals surface area contributed by atoms with Crippen molar-refractivity contribution in [1.29, 1.82) is 0 Å². The lowest BCUT2D eigenvalue weighted by molar-refractivity contribution is -0.155. The Morgan fingerprint density at radius 2 is 2.00 bits per heavy atom. The first-order chi connectivity index (χ1) is 12.4. The van der Waals surface area contributed by atoms with Gasteiger partial charge in [0.15, 0.2) is 0 Å². The molecular weight excluding hydrogens is 328 g/mol. The Hall–Kier alpha value is -2.37. The van der Waals surface area contributed by atoms with Gasteiger partial charge in [-0.1, -0.05) is 19.9 Å². The van der Waals surface area contributed by atoms with Crippen LogP contribution in [0.4, 0.5) is 0 Å². The number of aryl methyl sites for hydroxylation is 1. The number of carbonyl (C=O) groups is 2. The molecule has 6 nitrogen and oxygen atoms in total. The summed E-state index contributed by atoms with van der Waals surface area (Å²) in [6, 6.07) is 5.78. The van der Waals surface area contributed by atoms with Gasteiger partial charge in [0, 0.05) is 31.7 Å². The number of hydrogen-bond donors (Lipinski definition) is 0. The molecule has 2 aliphatic heterocycles. The lowest BCUT2D eigenvalue weighted by Crippen LogP contribution is -2.69. The number of fused-ring (bicyclic) bond motifs is 1. The van der Waals surface area contributed by atoms with E-state index in [0.717, 1.165) is 43.7 Å². The summed E-state index contributed by atoms with van der Waals surface area (Å²) in [5.41, 5.74) is 2.02. The standard InChI is InChI=1S/C20H26N4O2/c1-14(2)18(25)24-12-9-20(24)8-6-10-22(13-20)19(26)17-15(3)23-11-5-4-7-16(23)21-17/h4-5,7,11,14H,6,8-10,12-13H2,1-3H3. The number of aromatic nitrogens is 2. The van der Waals surface area contributed by atoms with Crippen molar-refractivity contribution < 1.29 is 9.59 Å². The first kappa shape index (κ1) is 17.1. The molecular formula is C20H26N4O2. The normalized spacial score (nSPS) is 22.9. The third-order valence-electron chi connectivity index (χ3n) is 5.95. The maximum absolute atomic E-state index is 13.2. The van der Waals surface area contributed by atoms with Crippen molar-refractivity contribution in [3.05, 3.63) is 35.8 Å². The molecule has 1 atom stereocenters. The number of hydrogen-bond acceptors (Lipinski definition) is 3. The molecule has 2 aromatic rings. The van der Waals surface area contributed by atoms with E-state index in [2.05, 4.69) is 4.98 Å². The van der Waals surface area contributed by atoms with Gasteiger partial charge in [0.25, 0.3) is 5.91 Å². The molecule has 0 bridgehead atoms. The van der Waals surface area contributed by atoms with Crippen molar-refractivity contribution >= 4 is 17.5 Å². The molecule has 0 aliphatic carbocycles.